The van der Waals surface area contributed by atoms with Crippen molar-refractivity contribution in [2.75, 3.05) is 43.2 Å². The Hall–Kier alpha value is -2.59. The van der Waals surface area contributed by atoms with E-state index in [0.717, 1.165) is 5.82 Å². The summed E-state index contributed by atoms with van der Waals surface area (Å²) in [6.45, 7) is 6.05. The third-order valence-corrected chi connectivity index (χ3v) is 4.46. The van der Waals surface area contributed by atoms with Crippen molar-refractivity contribution in [1.29, 1.82) is 0 Å². The molecule has 0 bridgehead atoms. The van der Waals surface area contributed by atoms with Gasteiger partial charge >= 0.3 is 6.01 Å². The number of aliphatic hydroxyl groups is 2. The lowest BCUT2D eigenvalue weighted by Gasteiger charge is -2.47. The summed E-state index contributed by atoms with van der Waals surface area (Å²) in [5.41, 5.74) is -0.248. The minimum Gasteiger partial charge on any atom is -0.467 e. The summed E-state index contributed by atoms with van der Waals surface area (Å²) in [7, 11) is 1.49. The van der Waals surface area contributed by atoms with Crippen LogP contribution in [0.3, 0.4) is 0 Å². The Kier molecular flexibility index (Phi) is 5.66. The van der Waals surface area contributed by atoms with Gasteiger partial charge in [0, 0.05) is 32.3 Å². The van der Waals surface area contributed by atoms with Crippen molar-refractivity contribution in [1.82, 2.24) is 24.9 Å². The summed E-state index contributed by atoms with van der Waals surface area (Å²) in [5.74, 6) is 2.23. The lowest BCUT2D eigenvalue weighted by Crippen LogP contribution is -2.60. The van der Waals surface area contributed by atoms with E-state index in [0.29, 0.717) is 37.8 Å². The monoisotopic (exact) mass is 375 g/mol. The molecule has 2 aromatic rings. The van der Waals surface area contributed by atoms with E-state index in [-0.39, 0.29) is 30.6 Å². The van der Waals surface area contributed by atoms with Crippen LogP contribution >= 0.6 is 0 Å². The van der Waals surface area contributed by atoms with E-state index in [2.05, 4.69) is 48.6 Å². The Labute approximate surface area is 157 Å². The van der Waals surface area contributed by atoms with Gasteiger partial charge in [-0.1, -0.05) is 0 Å². The first kappa shape index (κ1) is 19.2. The predicted octanol–water partition coefficient (Wildman–Crippen LogP) is -0.197. The second kappa shape index (κ2) is 7.97. The van der Waals surface area contributed by atoms with E-state index in [1.54, 1.807) is 6.20 Å². The van der Waals surface area contributed by atoms with Crippen LogP contribution in [0.5, 0.6) is 6.01 Å². The van der Waals surface area contributed by atoms with E-state index in [1.807, 2.05) is 6.07 Å². The molecule has 1 aliphatic heterocycles. The van der Waals surface area contributed by atoms with Crippen molar-refractivity contribution in [2.24, 2.45) is 0 Å². The number of aromatic nitrogens is 5. The van der Waals surface area contributed by atoms with E-state index in [1.165, 1.54) is 7.11 Å². The Morgan fingerprint density at radius 1 is 1.11 bits per heavy atom. The van der Waals surface area contributed by atoms with Gasteiger partial charge in [0.15, 0.2) is 5.82 Å². The van der Waals surface area contributed by atoms with Crippen LogP contribution < -0.4 is 14.5 Å². The molecule has 146 valence electrons. The van der Waals surface area contributed by atoms with Crippen LogP contribution in [0.2, 0.25) is 0 Å². The summed E-state index contributed by atoms with van der Waals surface area (Å²) < 4.78 is 5.12. The highest BCUT2D eigenvalue weighted by molar-refractivity contribution is 5.46. The predicted molar refractivity (Wildman–Crippen MR) is 98.8 cm³/mol. The second-order valence-electron chi connectivity index (χ2n) is 6.89. The number of anilines is 2. The molecule has 2 aromatic heterocycles. The van der Waals surface area contributed by atoms with Crippen molar-refractivity contribution in [2.45, 2.75) is 32.4 Å². The molecule has 0 amide bonds. The third-order valence-electron chi connectivity index (χ3n) is 4.46. The molecule has 3 rings (SSSR count). The van der Waals surface area contributed by atoms with Crippen molar-refractivity contribution >= 4 is 11.8 Å². The smallest absolute Gasteiger partial charge is 0.321 e. The molecule has 0 radical (unpaired) electrons. The summed E-state index contributed by atoms with van der Waals surface area (Å²) in [5, 5.41) is 18.5. The van der Waals surface area contributed by atoms with Gasteiger partial charge in [0.25, 0.3) is 0 Å². The molecule has 10 heteroatoms. The maximum Gasteiger partial charge on any atom is 0.321 e. The lowest BCUT2D eigenvalue weighted by atomic mass is 9.99. The zero-order chi connectivity index (χ0) is 19.4. The largest absolute Gasteiger partial charge is 0.467 e. The van der Waals surface area contributed by atoms with Gasteiger partial charge in [-0.3, -0.25) is 0 Å². The first-order chi connectivity index (χ1) is 13.0. The number of methoxy groups -OCH3 is 1. The molecular weight excluding hydrogens is 350 g/mol. The Morgan fingerprint density at radius 3 is 2.59 bits per heavy atom. The minimum absolute atomic E-state index is 0.0228. The van der Waals surface area contributed by atoms with E-state index < -0.39 is 0 Å². The molecule has 3 heterocycles. The average Bonchev–Trinajstić information content (AvgIpc) is 2.67. The van der Waals surface area contributed by atoms with E-state index >= 15 is 0 Å². The van der Waals surface area contributed by atoms with Crippen molar-refractivity contribution in [3.63, 3.8) is 0 Å². The molecule has 0 saturated carbocycles. The van der Waals surface area contributed by atoms with Crippen LogP contribution in [-0.2, 0) is 13.0 Å². The fourth-order valence-electron chi connectivity index (χ4n) is 3.20. The van der Waals surface area contributed by atoms with Crippen LogP contribution in [0.15, 0.2) is 12.3 Å². The van der Waals surface area contributed by atoms with Gasteiger partial charge in [-0.15, -0.1) is 0 Å². The molecule has 1 aliphatic rings. The number of aliphatic hydroxyl groups excluding tert-OH is 2. The summed E-state index contributed by atoms with van der Waals surface area (Å²) in [6, 6.07) is 2.07. The average molecular weight is 375 g/mol. The zero-order valence-electron chi connectivity index (χ0n) is 15.8. The topological polar surface area (TPSA) is 121 Å². The van der Waals surface area contributed by atoms with E-state index in [4.69, 9.17) is 9.84 Å². The van der Waals surface area contributed by atoms with Gasteiger partial charge in [0.05, 0.1) is 19.3 Å². The summed E-state index contributed by atoms with van der Waals surface area (Å²) in [6.07, 6.45) is 2.16. The normalized spacial score (nSPS) is 16.5. The van der Waals surface area contributed by atoms with E-state index in [9.17, 15) is 5.11 Å². The maximum atomic E-state index is 9.38. The van der Waals surface area contributed by atoms with Crippen LogP contribution in [-0.4, -0.2) is 74.0 Å². The molecule has 1 fully saturated rings. The number of hydrogen-bond donors (Lipinski definition) is 2. The highest BCUT2D eigenvalue weighted by atomic mass is 16.5. The third kappa shape index (κ3) is 4.22. The van der Waals surface area contributed by atoms with Gasteiger partial charge in [0.1, 0.15) is 18.2 Å². The molecular formula is C17H25N7O3. The standard InChI is InChI=1S/C17H25N7O3/c1-17(2)11-23(15-20-13(10-26)21-16(22-15)27-3)7-8-24(17)14-4-6-18-12(19-14)5-9-25/h4,6,25-26H,5,7-11H2,1-3H3. The summed E-state index contributed by atoms with van der Waals surface area (Å²) >= 11 is 0. The number of ether oxygens (including phenoxy) is 1. The number of nitrogens with zero attached hydrogens (tertiary/aromatic N) is 7. The van der Waals surface area contributed by atoms with Crippen LogP contribution in [0.4, 0.5) is 11.8 Å². The SMILES string of the molecule is COc1nc(CO)nc(N2CCN(c3ccnc(CCO)n3)C(C)(C)C2)n1. The molecule has 0 aliphatic carbocycles. The highest BCUT2D eigenvalue weighted by Crippen LogP contribution is 2.28. The van der Waals surface area contributed by atoms with Crippen molar-refractivity contribution < 1.29 is 14.9 Å². The Balaban J connectivity index is 1.82. The number of hydrogen-bond acceptors (Lipinski definition) is 10. The quantitative estimate of drug-likeness (QED) is 0.702. The Morgan fingerprint density at radius 2 is 1.93 bits per heavy atom. The molecule has 1 saturated heterocycles. The highest BCUT2D eigenvalue weighted by Gasteiger charge is 2.36. The first-order valence-corrected chi connectivity index (χ1v) is 8.82. The molecule has 0 spiro atoms. The molecule has 0 atom stereocenters. The first-order valence-electron chi connectivity index (χ1n) is 8.82. The van der Waals surface area contributed by atoms with Crippen molar-refractivity contribution in [3.05, 3.63) is 23.9 Å². The van der Waals surface area contributed by atoms with Crippen LogP contribution in [0, 0.1) is 0 Å². The molecule has 10 nitrogen and oxygen atoms in total. The Bertz CT molecular complexity index is 765. The maximum absolute atomic E-state index is 9.38. The van der Waals surface area contributed by atoms with Gasteiger partial charge in [-0.2, -0.15) is 15.0 Å². The fraction of sp³-hybridized carbons (Fsp3) is 0.588. The fourth-order valence-corrected chi connectivity index (χ4v) is 3.20. The minimum atomic E-state index is -0.274. The van der Waals surface area contributed by atoms with Gasteiger partial charge in [-0.05, 0) is 19.9 Å². The van der Waals surface area contributed by atoms with Gasteiger partial charge in [0.2, 0.25) is 5.95 Å². The van der Waals surface area contributed by atoms with Crippen molar-refractivity contribution in [3.8, 4) is 6.01 Å². The number of rotatable bonds is 6. The van der Waals surface area contributed by atoms with Crippen LogP contribution in [0.25, 0.3) is 0 Å². The van der Waals surface area contributed by atoms with Crippen LogP contribution in [0.1, 0.15) is 25.5 Å². The number of piperazine rings is 1. The second-order valence-corrected chi connectivity index (χ2v) is 6.89. The molecule has 27 heavy (non-hydrogen) atoms. The van der Waals surface area contributed by atoms with Gasteiger partial charge < -0.3 is 24.7 Å². The molecule has 0 unspecified atom stereocenters. The molecule has 0 aromatic carbocycles. The zero-order valence-corrected chi connectivity index (χ0v) is 15.8. The summed E-state index contributed by atoms with van der Waals surface area (Å²) in [4.78, 5) is 25.7. The molecule has 2 N–H and O–H groups in total. The van der Waals surface area contributed by atoms with Gasteiger partial charge in [-0.25, -0.2) is 9.97 Å². The lowest BCUT2D eigenvalue weighted by molar-refractivity contribution is 0.266.